The third kappa shape index (κ3) is 4.05. The SMILES string of the molecule is Cc1cc(F)ccc1COc1cccc(CNC2CC2)c1. The fourth-order valence-electron chi connectivity index (χ4n) is 2.28. The summed E-state index contributed by atoms with van der Waals surface area (Å²) in [5, 5.41) is 3.49. The van der Waals surface area contributed by atoms with Crippen LogP contribution in [-0.2, 0) is 13.2 Å². The highest BCUT2D eigenvalue weighted by Gasteiger charge is 2.19. The van der Waals surface area contributed by atoms with Crippen molar-refractivity contribution in [2.24, 2.45) is 0 Å². The van der Waals surface area contributed by atoms with Crippen LogP contribution in [0.3, 0.4) is 0 Å². The molecule has 0 saturated heterocycles. The van der Waals surface area contributed by atoms with Gasteiger partial charge in [-0.05, 0) is 60.7 Å². The van der Waals surface area contributed by atoms with Gasteiger partial charge >= 0.3 is 0 Å². The van der Waals surface area contributed by atoms with E-state index in [-0.39, 0.29) is 5.82 Å². The zero-order chi connectivity index (χ0) is 14.7. The van der Waals surface area contributed by atoms with E-state index in [1.165, 1.54) is 30.5 Å². The normalized spacial score (nSPS) is 14.2. The van der Waals surface area contributed by atoms with E-state index >= 15 is 0 Å². The Labute approximate surface area is 125 Å². The fraction of sp³-hybridized carbons (Fsp3) is 0.333. The number of halogens is 1. The highest BCUT2D eigenvalue weighted by Crippen LogP contribution is 2.21. The van der Waals surface area contributed by atoms with Gasteiger partial charge in [0.15, 0.2) is 0 Å². The van der Waals surface area contributed by atoms with Crippen molar-refractivity contribution < 1.29 is 9.13 Å². The maximum atomic E-state index is 13.1. The molecule has 2 aromatic carbocycles. The van der Waals surface area contributed by atoms with Crippen LogP contribution < -0.4 is 10.1 Å². The van der Waals surface area contributed by atoms with Crippen molar-refractivity contribution in [3.63, 3.8) is 0 Å². The smallest absolute Gasteiger partial charge is 0.123 e. The van der Waals surface area contributed by atoms with E-state index in [0.29, 0.717) is 12.6 Å². The molecule has 0 aromatic heterocycles. The molecule has 0 radical (unpaired) electrons. The van der Waals surface area contributed by atoms with Crippen LogP contribution in [0.4, 0.5) is 4.39 Å². The van der Waals surface area contributed by atoms with Crippen molar-refractivity contribution in [1.82, 2.24) is 5.32 Å². The van der Waals surface area contributed by atoms with Gasteiger partial charge in [0.2, 0.25) is 0 Å². The summed E-state index contributed by atoms with van der Waals surface area (Å²) >= 11 is 0. The number of aryl methyl sites for hydroxylation is 1. The monoisotopic (exact) mass is 285 g/mol. The van der Waals surface area contributed by atoms with E-state index in [1.54, 1.807) is 6.07 Å². The standard InChI is InChI=1S/C18H20FNO/c1-13-9-16(19)6-5-15(13)12-21-18-4-2-3-14(10-18)11-20-17-7-8-17/h2-6,9-10,17,20H,7-8,11-12H2,1H3. The van der Waals surface area contributed by atoms with E-state index in [2.05, 4.69) is 17.4 Å². The summed E-state index contributed by atoms with van der Waals surface area (Å²) in [4.78, 5) is 0. The second-order valence-electron chi connectivity index (χ2n) is 5.66. The Morgan fingerprint density at radius 3 is 2.81 bits per heavy atom. The summed E-state index contributed by atoms with van der Waals surface area (Å²) in [5.41, 5.74) is 3.16. The van der Waals surface area contributed by atoms with Gasteiger partial charge in [0.05, 0.1) is 0 Å². The average molecular weight is 285 g/mol. The van der Waals surface area contributed by atoms with Crippen molar-refractivity contribution in [3.05, 3.63) is 65.0 Å². The summed E-state index contributed by atoms with van der Waals surface area (Å²) in [6, 6.07) is 13.6. The molecule has 110 valence electrons. The minimum Gasteiger partial charge on any atom is -0.489 e. The maximum absolute atomic E-state index is 13.1. The van der Waals surface area contributed by atoms with Crippen molar-refractivity contribution in [3.8, 4) is 5.75 Å². The molecular weight excluding hydrogens is 265 g/mol. The molecule has 0 bridgehead atoms. The Kier molecular flexibility index (Phi) is 4.20. The molecule has 1 N–H and O–H groups in total. The summed E-state index contributed by atoms with van der Waals surface area (Å²) < 4.78 is 18.9. The molecule has 0 heterocycles. The van der Waals surface area contributed by atoms with Crippen LogP contribution in [0.15, 0.2) is 42.5 Å². The van der Waals surface area contributed by atoms with Gasteiger partial charge in [-0.1, -0.05) is 18.2 Å². The highest BCUT2D eigenvalue weighted by atomic mass is 19.1. The molecule has 3 rings (SSSR count). The molecule has 1 saturated carbocycles. The molecule has 1 fully saturated rings. The Morgan fingerprint density at radius 2 is 2.05 bits per heavy atom. The molecule has 2 aromatic rings. The largest absolute Gasteiger partial charge is 0.489 e. The quantitative estimate of drug-likeness (QED) is 0.867. The molecule has 1 aliphatic carbocycles. The lowest BCUT2D eigenvalue weighted by molar-refractivity contribution is 0.305. The lowest BCUT2D eigenvalue weighted by Crippen LogP contribution is -2.15. The highest BCUT2D eigenvalue weighted by molar-refractivity contribution is 5.30. The van der Waals surface area contributed by atoms with Gasteiger partial charge in [-0.2, -0.15) is 0 Å². The molecule has 0 unspecified atom stereocenters. The Balaban J connectivity index is 1.60. The third-order valence-corrected chi connectivity index (χ3v) is 3.77. The first-order valence-electron chi connectivity index (χ1n) is 7.41. The maximum Gasteiger partial charge on any atom is 0.123 e. The van der Waals surface area contributed by atoms with Gasteiger partial charge in [-0.25, -0.2) is 4.39 Å². The van der Waals surface area contributed by atoms with Gasteiger partial charge in [-0.15, -0.1) is 0 Å². The van der Waals surface area contributed by atoms with Gasteiger partial charge < -0.3 is 10.1 Å². The van der Waals surface area contributed by atoms with Gasteiger partial charge in [0, 0.05) is 12.6 Å². The van der Waals surface area contributed by atoms with Crippen LogP contribution >= 0.6 is 0 Å². The van der Waals surface area contributed by atoms with Crippen LogP contribution in [0.1, 0.15) is 29.5 Å². The van der Waals surface area contributed by atoms with E-state index in [1.807, 2.05) is 19.1 Å². The topological polar surface area (TPSA) is 21.3 Å². The van der Waals surface area contributed by atoms with Gasteiger partial charge in [0.1, 0.15) is 18.2 Å². The predicted octanol–water partition coefficient (Wildman–Crippen LogP) is 3.97. The number of benzene rings is 2. The number of rotatable bonds is 6. The van der Waals surface area contributed by atoms with E-state index in [4.69, 9.17) is 4.74 Å². The van der Waals surface area contributed by atoms with Gasteiger partial charge in [0.25, 0.3) is 0 Å². The molecule has 3 heteroatoms. The average Bonchev–Trinajstić information content (AvgIpc) is 3.29. The van der Waals surface area contributed by atoms with E-state index in [9.17, 15) is 4.39 Å². The van der Waals surface area contributed by atoms with Crippen molar-refractivity contribution in [2.45, 2.75) is 39.0 Å². The van der Waals surface area contributed by atoms with E-state index < -0.39 is 0 Å². The van der Waals surface area contributed by atoms with Crippen LogP contribution in [-0.4, -0.2) is 6.04 Å². The van der Waals surface area contributed by atoms with Crippen LogP contribution in [0.2, 0.25) is 0 Å². The molecule has 0 amide bonds. The molecule has 0 aliphatic heterocycles. The number of hydrogen-bond acceptors (Lipinski definition) is 2. The van der Waals surface area contributed by atoms with Crippen molar-refractivity contribution in [1.29, 1.82) is 0 Å². The molecule has 1 aliphatic rings. The Morgan fingerprint density at radius 1 is 1.19 bits per heavy atom. The molecular formula is C18H20FNO. The number of nitrogens with one attached hydrogen (secondary N) is 1. The van der Waals surface area contributed by atoms with E-state index in [0.717, 1.165) is 23.4 Å². The van der Waals surface area contributed by atoms with Crippen LogP contribution in [0.5, 0.6) is 5.75 Å². The minimum atomic E-state index is -0.204. The fourth-order valence-corrected chi connectivity index (χ4v) is 2.28. The zero-order valence-corrected chi connectivity index (χ0v) is 12.2. The second-order valence-corrected chi connectivity index (χ2v) is 5.66. The summed E-state index contributed by atoms with van der Waals surface area (Å²) in [5.74, 6) is 0.651. The minimum absolute atomic E-state index is 0.204. The summed E-state index contributed by atoms with van der Waals surface area (Å²) in [6.07, 6.45) is 2.58. The van der Waals surface area contributed by atoms with Gasteiger partial charge in [-0.3, -0.25) is 0 Å². The van der Waals surface area contributed by atoms with Crippen molar-refractivity contribution in [2.75, 3.05) is 0 Å². The molecule has 0 spiro atoms. The van der Waals surface area contributed by atoms with Crippen LogP contribution in [0.25, 0.3) is 0 Å². The first kappa shape index (κ1) is 14.1. The lowest BCUT2D eigenvalue weighted by Gasteiger charge is -2.10. The summed E-state index contributed by atoms with van der Waals surface area (Å²) in [6.45, 7) is 3.25. The molecule has 0 atom stereocenters. The zero-order valence-electron chi connectivity index (χ0n) is 12.2. The van der Waals surface area contributed by atoms with Crippen LogP contribution in [0, 0.1) is 12.7 Å². The lowest BCUT2D eigenvalue weighted by atomic mass is 10.1. The summed E-state index contributed by atoms with van der Waals surface area (Å²) in [7, 11) is 0. The number of hydrogen-bond donors (Lipinski definition) is 1. The predicted molar refractivity (Wildman–Crippen MR) is 81.8 cm³/mol. The van der Waals surface area contributed by atoms with Crippen molar-refractivity contribution >= 4 is 0 Å². The Hall–Kier alpha value is -1.87. The molecule has 2 nitrogen and oxygen atoms in total. The first-order valence-corrected chi connectivity index (χ1v) is 7.41. The second kappa shape index (κ2) is 6.27. The third-order valence-electron chi connectivity index (χ3n) is 3.77. The Bertz CT molecular complexity index is 622. The first-order chi connectivity index (χ1) is 10.2. The number of ether oxygens (including phenoxy) is 1. The molecule has 21 heavy (non-hydrogen) atoms.